The molecule has 2 aromatic heterocycles. The topological polar surface area (TPSA) is 86.2 Å². The molecule has 24 heavy (non-hydrogen) atoms. The largest absolute Gasteiger partial charge is 0.446 e. The van der Waals surface area contributed by atoms with Crippen molar-refractivity contribution in [2.45, 2.75) is 0 Å². The number of nitrogens with zero attached hydrogens (tertiary/aromatic N) is 2. The molecule has 0 spiro atoms. The van der Waals surface area contributed by atoms with Gasteiger partial charge in [0.05, 0.1) is 12.5 Å². The molecule has 0 aliphatic heterocycles. The minimum Gasteiger partial charge on any atom is -0.446 e. The van der Waals surface area contributed by atoms with Crippen molar-refractivity contribution >= 4 is 10.8 Å². The van der Waals surface area contributed by atoms with Gasteiger partial charge in [-0.15, -0.1) is 0 Å². The van der Waals surface area contributed by atoms with Crippen molar-refractivity contribution in [3.05, 3.63) is 81.8 Å². The number of hydrogen-bond donors (Lipinski definition) is 0. The van der Waals surface area contributed by atoms with Gasteiger partial charge in [0, 0.05) is 23.3 Å². The van der Waals surface area contributed by atoms with Crippen LogP contribution in [-0.4, -0.2) is 9.97 Å². The van der Waals surface area contributed by atoms with Crippen LogP contribution in [0.1, 0.15) is 0 Å². The summed E-state index contributed by atoms with van der Waals surface area (Å²) in [6.07, 6.45) is 2.62. The lowest BCUT2D eigenvalue weighted by Gasteiger charge is -2.08. The van der Waals surface area contributed by atoms with Gasteiger partial charge in [-0.3, -0.25) is 9.59 Å². The van der Waals surface area contributed by atoms with Crippen LogP contribution in [0.25, 0.3) is 33.7 Å². The number of aromatic nitrogens is 2. The van der Waals surface area contributed by atoms with Gasteiger partial charge >= 0.3 is 0 Å². The summed E-state index contributed by atoms with van der Waals surface area (Å²) in [5.41, 5.74) is 0.593. The molecule has 2 aromatic carbocycles. The summed E-state index contributed by atoms with van der Waals surface area (Å²) in [4.78, 5) is 30.8. The Morgan fingerprint density at radius 1 is 0.625 bits per heavy atom. The molecular formula is C18H10N2O4. The molecule has 0 unspecified atom stereocenters. The summed E-state index contributed by atoms with van der Waals surface area (Å²) >= 11 is 0. The molecule has 0 amide bonds. The van der Waals surface area contributed by atoms with E-state index in [1.54, 1.807) is 12.1 Å². The van der Waals surface area contributed by atoms with Crippen molar-refractivity contribution in [1.29, 1.82) is 0 Å². The van der Waals surface area contributed by atoms with E-state index in [0.717, 1.165) is 10.8 Å². The van der Waals surface area contributed by atoms with E-state index in [0.29, 0.717) is 11.1 Å². The molecule has 0 saturated heterocycles. The Morgan fingerprint density at radius 3 is 1.50 bits per heavy atom. The first-order chi connectivity index (χ1) is 11.7. The summed E-state index contributed by atoms with van der Waals surface area (Å²) < 4.78 is 10.7. The van der Waals surface area contributed by atoms with Crippen LogP contribution in [0.4, 0.5) is 0 Å². The monoisotopic (exact) mass is 318 g/mol. The summed E-state index contributed by atoms with van der Waals surface area (Å²) in [6.45, 7) is 0. The standard InChI is InChI=1S/C18H10N2O4/c21-15-7-9-23-17(19-15)13-5-6-14(12-4-2-1-3-11(12)13)18-20-16(22)8-10-24-18/h1-10H. The van der Waals surface area contributed by atoms with Gasteiger partial charge in [0.15, 0.2) is 0 Å². The van der Waals surface area contributed by atoms with Gasteiger partial charge in [0.2, 0.25) is 11.8 Å². The maximum atomic E-state index is 11.5. The minimum absolute atomic E-state index is 0.229. The highest BCUT2D eigenvalue weighted by Gasteiger charge is 2.14. The molecule has 0 bridgehead atoms. The van der Waals surface area contributed by atoms with Gasteiger partial charge in [0.25, 0.3) is 11.1 Å². The highest BCUT2D eigenvalue weighted by Crippen LogP contribution is 2.33. The van der Waals surface area contributed by atoms with Crippen molar-refractivity contribution in [2.75, 3.05) is 0 Å². The van der Waals surface area contributed by atoms with Crippen LogP contribution < -0.4 is 11.1 Å². The predicted octanol–water partition coefficient (Wildman–Crippen LogP) is 2.87. The molecule has 6 nitrogen and oxygen atoms in total. The quantitative estimate of drug-likeness (QED) is 0.565. The van der Waals surface area contributed by atoms with Crippen molar-refractivity contribution < 1.29 is 8.83 Å². The molecule has 0 atom stereocenters. The Kier molecular flexibility index (Phi) is 3.28. The fraction of sp³-hybridized carbons (Fsp3) is 0. The van der Waals surface area contributed by atoms with Gasteiger partial charge in [0.1, 0.15) is 0 Å². The Hall–Kier alpha value is -3.54. The van der Waals surface area contributed by atoms with E-state index in [1.165, 1.54) is 24.7 Å². The van der Waals surface area contributed by atoms with Crippen molar-refractivity contribution in [3.63, 3.8) is 0 Å². The molecule has 0 aliphatic carbocycles. The molecule has 6 heteroatoms. The minimum atomic E-state index is -0.375. The zero-order valence-electron chi connectivity index (χ0n) is 12.3. The first kappa shape index (κ1) is 14.1. The summed E-state index contributed by atoms with van der Waals surface area (Å²) in [5, 5.41) is 1.62. The summed E-state index contributed by atoms with van der Waals surface area (Å²) in [6, 6.07) is 13.5. The lowest BCUT2D eigenvalue weighted by atomic mass is 9.99. The molecule has 0 radical (unpaired) electrons. The summed E-state index contributed by atoms with van der Waals surface area (Å²) in [7, 11) is 0. The molecule has 0 fully saturated rings. The molecule has 116 valence electrons. The van der Waals surface area contributed by atoms with Crippen LogP contribution >= 0.6 is 0 Å². The van der Waals surface area contributed by atoms with Crippen LogP contribution in [-0.2, 0) is 0 Å². The molecule has 4 rings (SSSR count). The van der Waals surface area contributed by atoms with Crippen molar-refractivity contribution in [1.82, 2.24) is 9.97 Å². The zero-order chi connectivity index (χ0) is 16.5. The van der Waals surface area contributed by atoms with E-state index in [-0.39, 0.29) is 22.9 Å². The van der Waals surface area contributed by atoms with E-state index in [9.17, 15) is 9.59 Å². The lowest BCUT2D eigenvalue weighted by Crippen LogP contribution is -2.04. The van der Waals surface area contributed by atoms with E-state index < -0.39 is 0 Å². The lowest BCUT2D eigenvalue weighted by molar-refractivity contribution is 0.541. The van der Waals surface area contributed by atoms with Gasteiger partial charge in [-0.1, -0.05) is 24.3 Å². The number of fused-ring (bicyclic) bond motifs is 1. The number of benzene rings is 2. The average Bonchev–Trinajstić information content (AvgIpc) is 2.61. The molecule has 0 N–H and O–H groups in total. The number of hydrogen-bond acceptors (Lipinski definition) is 6. The third-order valence-electron chi connectivity index (χ3n) is 3.59. The van der Waals surface area contributed by atoms with E-state index in [4.69, 9.17) is 8.83 Å². The van der Waals surface area contributed by atoms with Gasteiger partial charge in [-0.25, -0.2) is 0 Å². The smallest absolute Gasteiger partial charge is 0.276 e. The highest BCUT2D eigenvalue weighted by molar-refractivity contribution is 6.02. The predicted molar refractivity (Wildman–Crippen MR) is 87.5 cm³/mol. The second-order valence-corrected chi connectivity index (χ2v) is 5.06. The maximum absolute atomic E-state index is 11.5. The third kappa shape index (κ3) is 2.40. The Morgan fingerprint density at radius 2 is 1.08 bits per heavy atom. The molecule has 4 aromatic rings. The Labute approximate surface area is 135 Å². The van der Waals surface area contributed by atoms with E-state index in [1.807, 2.05) is 24.3 Å². The van der Waals surface area contributed by atoms with Gasteiger partial charge in [-0.05, 0) is 22.9 Å². The van der Waals surface area contributed by atoms with E-state index in [2.05, 4.69) is 9.97 Å². The molecule has 0 saturated carbocycles. The highest BCUT2D eigenvalue weighted by atomic mass is 16.3. The van der Waals surface area contributed by atoms with Crippen molar-refractivity contribution in [2.24, 2.45) is 0 Å². The molecule has 0 aliphatic rings. The van der Waals surface area contributed by atoms with Gasteiger partial charge < -0.3 is 8.83 Å². The molecule has 2 heterocycles. The Balaban J connectivity index is 2.02. The first-order valence-corrected chi connectivity index (χ1v) is 7.16. The van der Waals surface area contributed by atoms with Crippen LogP contribution in [0.3, 0.4) is 0 Å². The maximum Gasteiger partial charge on any atom is 0.276 e. The van der Waals surface area contributed by atoms with Crippen LogP contribution in [0.15, 0.2) is 79.5 Å². The second-order valence-electron chi connectivity index (χ2n) is 5.06. The Bertz CT molecular complexity index is 1070. The second kappa shape index (κ2) is 5.58. The van der Waals surface area contributed by atoms with Crippen LogP contribution in [0.2, 0.25) is 0 Å². The van der Waals surface area contributed by atoms with E-state index >= 15 is 0 Å². The summed E-state index contributed by atoms with van der Waals surface area (Å²) in [5.74, 6) is 0.459. The SMILES string of the molecule is O=c1ccoc(-c2ccc(-c3nc(=O)cco3)c3ccccc23)n1. The normalized spacial score (nSPS) is 10.8. The van der Waals surface area contributed by atoms with Gasteiger partial charge in [-0.2, -0.15) is 9.97 Å². The average molecular weight is 318 g/mol. The fourth-order valence-electron chi connectivity index (χ4n) is 2.56. The number of rotatable bonds is 2. The molecular weight excluding hydrogens is 308 g/mol. The van der Waals surface area contributed by atoms with Crippen molar-refractivity contribution in [3.8, 4) is 22.9 Å². The van der Waals surface area contributed by atoms with Crippen LogP contribution in [0.5, 0.6) is 0 Å². The third-order valence-corrected chi connectivity index (χ3v) is 3.59. The zero-order valence-corrected chi connectivity index (χ0v) is 12.3. The first-order valence-electron chi connectivity index (χ1n) is 7.16. The van der Waals surface area contributed by atoms with Crippen LogP contribution in [0, 0.1) is 0 Å². The fourth-order valence-corrected chi connectivity index (χ4v) is 2.56.